The van der Waals surface area contributed by atoms with Crippen molar-refractivity contribution in [2.45, 2.75) is 6.92 Å². The minimum Gasteiger partial charge on any atom is -0.492 e. The molecule has 0 saturated carbocycles. The number of halogens is 1. The summed E-state index contributed by atoms with van der Waals surface area (Å²) < 4.78 is 5.57. The highest BCUT2D eigenvalue weighted by molar-refractivity contribution is 7.13. The molecule has 1 heterocycles. The van der Waals surface area contributed by atoms with E-state index in [2.05, 4.69) is 0 Å². The summed E-state index contributed by atoms with van der Waals surface area (Å²) in [5.74, 6) is 0.782. The van der Waals surface area contributed by atoms with Crippen molar-refractivity contribution in [3.8, 4) is 5.75 Å². The van der Waals surface area contributed by atoms with Crippen molar-refractivity contribution in [2.24, 2.45) is 0 Å². The van der Waals surface area contributed by atoms with E-state index in [1.165, 1.54) is 11.3 Å². The van der Waals surface area contributed by atoms with Gasteiger partial charge < -0.3 is 9.64 Å². The zero-order chi connectivity index (χ0) is 14.5. The van der Waals surface area contributed by atoms with Crippen LogP contribution in [0.2, 0.25) is 5.02 Å². The predicted octanol–water partition coefficient (Wildman–Crippen LogP) is 3.86. The van der Waals surface area contributed by atoms with Gasteiger partial charge in [-0.25, -0.2) is 0 Å². The lowest BCUT2D eigenvalue weighted by atomic mass is 10.3. The van der Waals surface area contributed by atoms with E-state index in [-0.39, 0.29) is 5.91 Å². The van der Waals surface area contributed by atoms with E-state index in [9.17, 15) is 4.79 Å². The molecule has 0 fully saturated rings. The van der Waals surface area contributed by atoms with Gasteiger partial charge in [-0.3, -0.25) is 4.79 Å². The summed E-state index contributed by atoms with van der Waals surface area (Å²) in [4.78, 5) is 15.7. The van der Waals surface area contributed by atoms with Crippen molar-refractivity contribution in [1.29, 1.82) is 0 Å². The highest BCUT2D eigenvalue weighted by Gasteiger charge is 2.13. The van der Waals surface area contributed by atoms with Crippen LogP contribution in [0.25, 0.3) is 0 Å². The van der Waals surface area contributed by atoms with Gasteiger partial charge in [0, 0.05) is 16.9 Å². The van der Waals surface area contributed by atoms with Crippen molar-refractivity contribution in [3.63, 3.8) is 0 Å². The van der Waals surface area contributed by atoms with Gasteiger partial charge in [0.1, 0.15) is 12.4 Å². The molecule has 0 radical (unpaired) electrons. The van der Waals surface area contributed by atoms with E-state index >= 15 is 0 Å². The second-order valence-electron chi connectivity index (χ2n) is 4.44. The number of benzene rings is 1. The van der Waals surface area contributed by atoms with E-state index in [0.717, 1.165) is 15.5 Å². The van der Waals surface area contributed by atoms with Gasteiger partial charge in [0.25, 0.3) is 5.91 Å². The number of hydrogen-bond acceptors (Lipinski definition) is 3. The van der Waals surface area contributed by atoms with Gasteiger partial charge in [-0.1, -0.05) is 11.6 Å². The van der Waals surface area contributed by atoms with E-state index in [1.54, 1.807) is 24.1 Å². The molecular weight excluding hydrogens is 294 g/mol. The molecule has 20 heavy (non-hydrogen) atoms. The maximum Gasteiger partial charge on any atom is 0.263 e. The van der Waals surface area contributed by atoms with Gasteiger partial charge >= 0.3 is 0 Å². The Bertz CT molecular complexity index is 580. The fourth-order valence-electron chi connectivity index (χ4n) is 1.67. The molecule has 0 aliphatic heterocycles. The molecule has 1 aromatic heterocycles. The van der Waals surface area contributed by atoms with Crippen LogP contribution in [0.3, 0.4) is 0 Å². The Morgan fingerprint density at radius 3 is 2.55 bits per heavy atom. The molecule has 5 heteroatoms. The van der Waals surface area contributed by atoms with Crippen molar-refractivity contribution in [2.75, 3.05) is 20.2 Å². The largest absolute Gasteiger partial charge is 0.492 e. The maximum atomic E-state index is 12.1. The first-order valence-corrected chi connectivity index (χ1v) is 7.46. The fourth-order valence-corrected chi connectivity index (χ4v) is 2.66. The molecule has 0 N–H and O–H groups in total. The Morgan fingerprint density at radius 1 is 1.25 bits per heavy atom. The first kappa shape index (κ1) is 14.9. The zero-order valence-electron chi connectivity index (χ0n) is 11.4. The molecule has 0 bridgehead atoms. The molecule has 0 unspecified atom stereocenters. The van der Waals surface area contributed by atoms with Crippen molar-refractivity contribution < 1.29 is 9.53 Å². The topological polar surface area (TPSA) is 29.5 Å². The van der Waals surface area contributed by atoms with Gasteiger partial charge in [-0.05, 0) is 43.3 Å². The number of thiophene rings is 1. The van der Waals surface area contributed by atoms with Crippen LogP contribution < -0.4 is 4.74 Å². The lowest BCUT2D eigenvalue weighted by Crippen LogP contribution is -2.30. The number of rotatable bonds is 5. The first-order chi connectivity index (χ1) is 9.56. The van der Waals surface area contributed by atoms with Crippen LogP contribution in [0.15, 0.2) is 36.4 Å². The SMILES string of the molecule is Cc1ccc(C(=O)N(C)CCOc2ccc(Cl)cc2)s1. The summed E-state index contributed by atoms with van der Waals surface area (Å²) in [5.41, 5.74) is 0. The number of carbonyl (C=O) groups is 1. The van der Waals surface area contributed by atoms with E-state index in [0.29, 0.717) is 18.2 Å². The number of aryl methyl sites for hydroxylation is 1. The molecule has 1 aromatic carbocycles. The summed E-state index contributed by atoms with van der Waals surface area (Å²) in [6.45, 7) is 2.98. The van der Waals surface area contributed by atoms with Crippen molar-refractivity contribution in [3.05, 3.63) is 51.2 Å². The van der Waals surface area contributed by atoms with Crippen LogP contribution in [-0.4, -0.2) is 31.0 Å². The van der Waals surface area contributed by atoms with Crippen LogP contribution in [0.1, 0.15) is 14.5 Å². The minimum absolute atomic E-state index is 0.0304. The average molecular weight is 310 g/mol. The maximum absolute atomic E-state index is 12.1. The molecule has 0 aliphatic rings. The number of amides is 1. The van der Waals surface area contributed by atoms with Gasteiger partial charge in [0.05, 0.1) is 11.4 Å². The van der Waals surface area contributed by atoms with Gasteiger partial charge in [-0.2, -0.15) is 0 Å². The number of ether oxygens (including phenoxy) is 1. The number of nitrogens with zero attached hydrogens (tertiary/aromatic N) is 1. The summed E-state index contributed by atoms with van der Waals surface area (Å²) >= 11 is 7.31. The Kier molecular flexibility index (Phi) is 5.04. The zero-order valence-corrected chi connectivity index (χ0v) is 13.0. The van der Waals surface area contributed by atoms with Gasteiger partial charge in [0.2, 0.25) is 0 Å². The van der Waals surface area contributed by atoms with Crippen LogP contribution in [0.5, 0.6) is 5.75 Å². The van der Waals surface area contributed by atoms with E-state index in [4.69, 9.17) is 16.3 Å². The Hall–Kier alpha value is -1.52. The molecule has 0 spiro atoms. The molecule has 2 aromatic rings. The average Bonchev–Trinajstić information content (AvgIpc) is 2.86. The smallest absolute Gasteiger partial charge is 0.263 e. The Morgan fingerprint density at radius 2 is 1.95 bits per heavy atom. The second-order valence-corrected chi connectivity index (χ2v) is 6.16. The molecule has 2 rings (SSSR count). The molecular formula is C15H16ClNO2S. The first-order valence-electron chi connectivity index (χ1n) is 6.26. The van der Waals surface area contributed by atoms with Crippen LogP contribution >= 0.6 is 22.9 Å². The lowest BCUT2D eigenvalue weighted by Gasteiger charge is -2.16. The normalized spacial score (nSPS) is 10.3. The third-order valence-corrected chi connectivity index (χ3v) is 4.05. The second kappa shape index (κ2) is 6.77. The fraction of sp³-hybridized carbons (Fsp3) is 0.267. The third-order valence-electron chi connectivity index (χ3n) is 2.81. The van der Waals surface area contributed by atoms with Crippen LogP contribution in [0.4, 0.5) is 0 Å². The molecule has 3 nitrogen and oxygen atoms in total. The van der Waals surface area contributed by atoms with Crippen LogP contribution in [-0.2, 0) is 0 Å². The Labute approximate surface area is 127 Å². The van der Waals surface area contributed by atoms with Gasteiger partial charge in [0.15, 0.2) is 0 Å². The third kappa shape index (κ3) is 3.99. The summed E-state index contributed by atoms with van der Waals surface area (Å²) in [6, 6.07) is 11.0. The highest BCUT2D eigenvalue weighted by Crippen LogP contribution is 2.17. The summed E-state index contributed by atoms with van der Waals surface area (Å²) in [7, 11) is 1.78. The van der Waals surface area contributed by atoms with E-state index < -0.39 is 0 Å². The van der Waals surface area contributed by atoms with Gasteiger partial charge in [-0.15, -0.1) is 11.3 Å². The molecule has 0 saturated heterocycles. The van der Waals surface area contributed by atoms with E-state index in [1.807, 2.05) is 31.2 Å². The number of carbonyl (C=O) groups excluding carboxylic acids is 1. The number of likely N-dealkylation sites (N-methyl/N-ethyl adjacent to an activating group) is 1. The Balaban J connectivity index is 1.81. The lowest BCUT2D eigenvalue weighted by molar-refractivity contribution is 0.0778. The van der Waals surface area contributed by atoms with Crippen LogP contribution in [0, 0.1) is 6.92 Å². The predicted molar refractivity (Wildman–Crippen MR) is 83.0 cm³/mol. The quantitative estimate of drug-likeness (QED) is 0.839. The number of hydrogen-bond donors (Lipinski definition) is 0. The molecule has 106 valence electrons. The van der Waals surface area contributed by atoms with Crippen molar-refractivity contribution >= 4 is 28.8 Å². The monoisotopic (exact) mass is 309 g/mol. The standard InChI is InChI=1S/C15H16ClNO2S/c1-11-3-8-14(20-11)15(18)17(2)9-10-19-13-6-4-12(16)5-7-13/h3-8H,9-10H2,1-2H3. The molecule has 0 atom stereocenters. The summed E-state index contributed by atoms with van der Waals surface area (Å²) in [6.07, 6.45) is 0. The minimum atomic E-state index is 0.0304. The van der Waals surface area contributed by atoms with Crippen molar-refractivity contribution in [1.82, 2.24) is 4.90 Å². The summed E-state index contributed by atoms with van der Waals surface area (Å²) in [5, 5.41) is 0.678. The molecule has 0 aliphatic carbocycles. The molecule has 1 amide bonds. The highest BCUT2D eigenvalue weighted by atomic mass is 35.5.